The van der Waals surface area contributed by atoms with E-state index in [1.807, 2.05) is 13.8 Å². The third kappa shape index (κ3) is 2.69. The zero-order valence-electron chi connectivity index (χ0n) is 9.37. The molecule has 14 heavy (non-hydrogen) atoms. The molecule has 0 fully saturated rings. The number of aryl methyl sites for hydroxylation is 2. The highest BCUT2D eigenvalue weighted by Crippen LogP contribution is 2.16. The maximum absolute atomic E-state index is 5.77. The van der Waals surface area contributed by atoms with Crippen molar-refractivity contribution in [2.45, 2.75) is 46.6 Å². The lowest BCUT2D eigenvalue weighted by Crippen LogP contribution is -2.15. The molecule has 0 N–H and O–H groups in total. The van der Waals surface area contributed by atoms with Crippen LogP contribution in [0.15, 0.2) is 6.20 Å². The number of aromatic nitrogens is 2. The molecule has 0 aliphatic carbocycles. The van der Waals surface area contributed by atoms with Gasteiger partial charge in [-0.05, 0) is 26.7 Å². The van der Waals surface area contributed by atoms with E-state index in [0.29, 0.717) is 0 Å². The number of rotatable bonds is 4. The predicted molar refractivity (Wildman–Crippen MR) is 56.5 cm³/mol. The number of hydrogen-bond donors (Lipinski definition) is 0. The molecule has 0 spiro atoms. The third-order valence-corrected chi connectivity index (χ3v) is 2.23. The molecule has 1 rings (SSSR count). The van der Waals surface area contributed by atoms with E-state index in [1.165, 1.54) is 0 Å². The molecule has 0 unspecified atom stereocenters. The van der Waals surface area contributed by atoms with Crippen LogP contribution in [0.3, 0.4) is 0 Å². The number of nitrogens with zero attached hydrogens (tertiary/aromatic N) is 2. The fraction of sp³-hybridized carbons (Fsp3) is 0.636. The Labute approximate surface area is 85.5 Å². The van der Waals surface area contributed by atoms with E-state index < -0.39 is 0 Å². The van der Waals surface area contributed by atoms with Gasteiger partial charge in [-0.1, -0.05) is 13.8 Å². The van der Waals surface area contributed by atoms with Gasteiger partial charge in [0.05, 0.1) is 6.10 Å². The zero-order valence-corrected chi connectivity index (χ0v) is 9.37. The largest absolute Gasteiger partial charge is 0.474 e. The molecule has 3 nitrogen and oxygen atoms in total. The molecule has 0 atom stereocenters. The lowest BCUT2D eigenvalue weighted by molar-refractivity contribution is 0.183. The van der Waals surface area contributed by atoms with Gasteiger partial charge in [0.25, 0.3) is 0 Å². The van der Waals surface area contributed by atoms with Gasteiger partial charge in [0, 0.05) is 11.8 Å². The molecular weight excluding hydrogens is 176 g/mol. The van der Waals surface area contributed by atoms with Crippen LogP contribution in [0.1, 0.15) is 38.1 Å². The van der Waals surface area contributed by atoms with Gasteiger partial charge in [0.15, 0.2) is 0 Å². The minimum Gasteiger partial charge on any atom is -0.474 e. The predicted octanol–water partition coefficient (Wildman–Crippen LogP) is 2.66. The summed E-state index contributed by atoms with van der Waals surface area (Å²) in [4.78, 5) is 8.38. The van der Waals surface area contributed by atoms with Gasteiger partial charge in [0.2, 0.25) is 5.88 Å². The minimum absolute atomic E-state index is 0.267. The lowest BCUT2D eigenvalue weighted by atomic mass is 10.2. The van der Waals surface area contributed by atoms with Gasteiger partial charge < -0.3 is 4.74 Å². The second-order valence-corrected chi connectivity index (χ2v) is 3.46. The first kappa shape index (κ1) is 11.0. The quantitative estimate of drug-likeness (QED) is 0.739. The Balaban J connectivity index is 2.79. The van der Waals surface area contributed by atoms with Crippen molar-refractivity contribution in [1.29, 1.82) is 0 Å². The molecule has 0 bridgehead atoms. The SMILES string of the molecule is CCC(CC)Oc1nc(C)ncc1C. The first-order valence-corrected chi connectivity index (χ1v) is 5.14. The van der Waals surface area contributed by atoms with Gasteiger partial charge in [-0.2, -0.15) is 4.98 Å². The third-order valence-electron chi connectivity index (χ3n) is 2.23. The van der Waals surface area contributed by atoms with E-state index in [1.54, 1.807) is 6.20 Å². The molecule has 1 aromatic rings. The smallest absolute Gasteiger partial charge is 0.219 e. The van der Waals surface area contributed by atoms with Gasteiger partial charge in [-0.15, -0.1) is 0 Å². The second-order valence-electron chi connectivity index (χ2n) is 3.46. The molecule has 1 aromatic heterocycles. The maximum atomic E-state index is 5.77. The van der Waals surface area contributed by atoms with Crippen molar-refractivity contribution < 1.29 is 4.74 Å². The van der Waals surface area contributed by atoms with Crippen LogP contribution in [-0.4, -0.2) is 16.1 Å². The Morgan fingerprint density at radius 3 is 2.50 bits per heavy atom. The molecule has 0 aromatic carbocycles. The van der Waals surface area contributed by atoms with Crippen molar-refractivity contribution in [3.05, 3.63) is 17.6 Å². The zero-order chi connectivity index (χ0) is 10.6. The Bertz CT molecular complexity index is 295. The average Bonchev–Trinajstić information content (AvgIpc) is 2.19. The Kier molecular flexibility index (Phi) is 3.86. The van der Waals surface area contributed by atoms with E-state index in [0.717, 1.165) is 30.1 Å². The summed E-state index contributed by atoms with van der Waals surface area (Å²) < 4.78 is 5.77. The summed E-state index contributed by atoms with van der Waals surface area (Å²) in [6, 6.07) is 0. The van der Waals surface area contributed by atoms with E-state index >= 15 is 0 Å². The average molecular weight is 194 g/mol. The molecule has 0 aliphatic rings. The summed E-state index contributed by atoms with van der Waals surface area (Å²) in [5.41, 5.74) is 1.00. The molecule has 0 amide bonds. The van der Waals surface area contributed by atoms with Gasteiger partial charge >= 0.3 is 0 Å². The minimum atomic E-state index is 0.267. The second kappa shape index (κ2) is 4.94. The van der Waals surface area contributed by atoms with Gasteiger partial charge in [-0.3, -0.25) is 0 Å². The molecule has 1 heterocycles. The summed E-state index contributed by atoms with van der Waals surface area (Å²) in [7, 11) is 0. The topological polar surface area (TPSA) is 35.0 Å². The standard InChI is InChI=1S/C11H18N2O/c1-5-10(6-2)14-11-8(3)7-12-9(4)13-11/h7,10H,5-6H2,1-4H3. The molecule has 0 saturated carbocycles. The van der Waals surface area contributed by atoms with Crippen molar-refractivity contribution >= 4 is 0 Å². The highest BCUT2D eigenvalue weighted by atomic mass is 16.5. The molecule has 3 heteroatoms. The van der Waals surface area contributed by atoms with Crippen molar-refractivity contribution in [3.8, 4) is 5.88 Å². The van der Waals surface area contributed by atoms with E-state index in [2.05, 4.69) is 23.8 Å². The normalized spacial score (nSPS) is 10.6. The summed E-state index contributed by atoms with van der Waals surface area (Å²) in [6.07, 6.45) is 4.10. The van der Waals surface area contributed by atoms with Crippen LogP contribution < -0.4 is 4.74 Å². The number of ether oxygens (including phenoxy) is 1. The van der Waals surface area contributed by atoms with E-state index in [9.17, 15) is 0 Å². The van der Waals surface area contributed by atoms with Gasteiger partial charge in [-0.25, -0.2) is 4.98 Å². The molecule has 78 valence electrons. The van der Waals surface area contributed by atoms with E-state index in [-0.39, 0.29) is 6.10 Å². The van der Waals surface area contributed by atoms with Gasteiger partial charge in [0.1, 0.15) is 5.82 Å². The summed E-state index contributed by atoms with van der Waals surface area (Å²) in [6.45, 7) is 8.09. The Hall–Kier alpha value is -1.12. The van der Waals surface area contributed by atoms with Crippen molar-refractivity contribution in [3.63, 3.8) is 0 Å². The van der Waals surface area contributed by atoms with Crippen molar-refractivity contribution in [1.82, 2.24) is 9.97 Å². The first-order chi connectivity index (χ1) is 6.67. The summed E-state index contributed by atoms with van der Waals surface area (Å²) >= 11 is 0. The highest BCUT2D eigenvalue weighted by molar-refractivity contribution is 5.21. The fourth-order valence-electron chi connectivity index (χ4n) is 1.24. The molecule has 0 aliphatic heterocycles. The van der Waals surface area contributed by atoms with Crippen LogP contribution in [0.2, 0.25) is 0 Å². The summed E-state index contributed by atoms with van der Waals surface area (Å²) in [5, 5.41) is 0. The summed E-state index contributed by atoms with van der Waals surface area (Å²) in [5.74, 6) is 1.49. The monoisotopic (exact) mass is 194 g/mol. The maximum Gasteiger partial charge on any atom is 0.219 e. The van der Waals surface area contributed by atoms with E-state index in [4.69, 9.17) is 4.74 Å². The van der Waals surface area contributed by atoms with Crippen LogP contribution in [0.4, 0.5) is 0 Å². The first-order valence-electron chi connectivity index (χ1n) is 5.14. The lowest BCUT2D eigenvalue weighted by Gasteiger charge is -2.16. The molecule has 0 saturated heterocycles. The van der Waals surface area contributed by atoms with Crippen LogP contribution in [0.25, 0.3) is 0 Å². The van der Waals surface area contributed by atoms with Crippen LogP contribution in [0.5, 0.6) is 5.88 Å². The molecular formula is C11H18N2O. The fourth-order valence-corrected chi connectivity index (χ4v) is 1.24. The van der Waals surface area contributed by atoms with Crippen molar-refractivity contribution in [2.24, 2.45) is 0 Å². The van der Waals surface area contributed by atoms with Crippen LogP contribution in [-0.2, 0) is 0 Å². The van der Waals surface area contributed by atoms with Crippen molar-refractivity contribution in [2.75, 3.05) is 0 Å². The van der Waals surface area contributed by atoms with Crippen LogP contribution >= 0.6 is 0 Å². The van der Waals surface area contributed by atoms with Crippen LogP contribution in [0, 0.1) is 13.8 Å². The molecule has 0 radical (unpaired) electrons. The highest BCUT2D eigenvalue weighted by Gasteiger charge is 2.08. The Morgan fingerprint density at radius 2 is 1.93 bits per heavy atom. The Morgan fingerprint density at radius 1 is 1.29 bits per heavy atom. The number of hydrogen-bond acceptors (Lipinski definition) is 3.